The minimum Gasteiger partial charge on any atom is -0.482 e. The number of hydrogen-bond donors (Lipinski definition) is 2. The zero-order valence-corrected chi connectivity index (χ0v) is 16.1. The van der Waals surface area contributed by atoms with Crippen molar-refractivity contribution in [2.75, 3.05) is 17.2 Å². The molecule has 0 atom stereocenters. The van der Waals surface area contributed by atoms with Gasteiger partial charge in [0.05, 0.1) is 16.3 Å². The fraction of sp³-hybridized carbons (Fsp3) is 0.0556. The van der Waals surface area contributed by atoms with E-state index in [9.17, 15) is 9.59 Å². The molecular formula is C18H13Cl2N3O3S. The predicted molar refractivity (Wildman–Crippen MR) is 107 cm³/mol. The van der Waals surface area contributed by atoms with E-state index in [-0.39, 0.29) is 12.5 Å². The lowest BCUT2D eigenvalue weighted by atomic mass is 10.1. The second kappa shape index (κ2) is 8.85. The van der Waals surface area contributed by atoms with E-state index in [1.165, 1.54) is 17.4 Å². The number of thiazole rings is 1. The molecule has 3 aromatic rings. The average molecular weight is 422 g/mol. The number of carbonyl (C=O) groups is 2. The summed E-state index contributed by atoms with van der Waals surface area (Å²) < 4.78 is 5.40. The van der Waals surface area contributed by atoms with E-state index in [4.69, 9.17) is 27.9 Å². The number of ether oxygens (including phenoxy) is 1. The molecule has 6 nitrogen and oxygen atoms in total. The third-order valence-electron chi connectivity index (χ3n) is 3.35. The minimum atomic E-state index is -0.435. The molecular weight excluding hydrogens is 409 g/mol. The Morgan fingerprint density at radius 3 is 2.67 bits per heavy atom. The van der Waals surface area contributed by atoms with Crippen molar-refractivity contribution in [1.82, 2.24) is 4.98 Å². The molecule has 0 saturated heterocycles. The van der Waals surface area contributed by atoms with E-state index in [0.29, 0.717) is 32.2 Å². The highest BCUT2D eigenvalue weighted by atomic mass is 35.5. The highest BCUT2D eigenvalue weighted by Gasteiger charge is 2.15. The SMILES string of the molecule is O=C(COc1ccc(Cl)cc1Cl)Nc1ccccc1C(=O)Nc1nccs1. The molecule has 0 radical (unpaired) electrons. The second-order valence-corrected chi connectivity index (χ2v) is 6.99. The van der Waals surface area contributed by atoms with E-state index >= 15 is 0 Å². The molecule has 0 aliphatic heterocycles. The Bertz CT molecular complexity index is 964. The normalized spacial score (nSPS) is 10.3. The minimum absolute atomic E-state index is 0.274. The summed E-state index contributed by atoms with van der Waals surface area (Å²) in [5, 5.41) is 8.34. The number of aromatic nitrogens is 1. The lowest BCUT2D eigenvalue weighted by molar-refractivity contribution is -0.118. The number of rotatable bonds is 6. The van der Waals surface area contributed by atoms with Crippen molar-refractivity contribution in [3.8, 4) is 5.75 Å². The van der Waals surface area contributed by atoms with Crippen LogP contribution < -0.4 is 15.4 Å². The van der Waals surface area contributed by atoms with Gasteiger partial charge in [-0.15, -0.1) is 11.3 Å². The summed E-state index contributed by atoms with van der Waals surface area (Å²) in [4.78, 5) is 28.6. The number of nitrogens with zero attached hydrogens (tertiary/aromatic N) is 1. The highest BCUT2D eigenvalue weighted by Crippen LogP contribution is 2.27. The van der Waals surface area contributed by atoms with Crippen molar-refractivity contribution < 1.29 is 14.3 Å². The van der Waals surface area contributed by atoms with Gasteiger partial charge in [-0.05, 0) is 30.3 Å². The number of amides is 2. The summed E-state index contributed by atoms with van der Waals surface area (Å²) in [6, 6.07) is 11.4. The summed E-state index contributed by atoms with van der Waals surface area (Å²) in [6.07, 6.45) is 1.59. The Labute approximate surface area is 169 Å². The fourth-order valence-corrected chi connectivity index (χ4v) is 3.15. The molecule has 138 valence electrons. The Morgan fingerprint density at radius 1 is 1.11 bits per heavy atom. The number of benzene rings is 2. The summed E-state index contributed by atoms with van der Waals surface area (Å²) >= 11 is 13.1. The molecule has 1 heterocycles. The number of hydrogen-bond acceptors (Lipinski definition) is 5. The van der Waals surface area contributed by atoms with Crippen LogP contribution in [-0.4, -0.2) is 23.4 Å². The molecule has 1 aromatic heterocycles. The van der Waals surface area contributed by atoms with Gasteiger partial charge in [-0.3, -0.25) is 14.9 Å². The first-order valence-corrected chi connectivity index (χ1v) is 9.34. The molecule has 2 N–H and O–H groups in total. The molecule has 0 spiro atoms. The highest BCUT2D eigenvalue weighted by molar-refractivity contribution is 7.13. The quantitative estimate of drug-likeness (QED) is 0.603. The summed E-state index contributed by atoms with van der Waals surface area (Å²) in [5.74, 6) is -0.468. The van der Waals surface area contributed by atoms with Gasteiger partial charge in [0.1, 0.15) is 5.75 Å². The lowest BCUT2D eigenvalue weighted by Crippen LogP contribution is -2.22. The van der Waals surface area contributed by atoms with Gasteiger partial charge in [0.15, 0.2) is 11.7 Å². The second-order valence-electron chi connectivity index (χ2n) is 5.25. The topological polar surface area (TPSA) is 80.3 Å². The van der Waals surface area contributed by atoms with E-state index in [0.717, 1.165) is 0 Å². The van der Waals surface area contributed by atoms with Gasteiger partial charge < -0.3 is 10.1 Å². The Hall–Kier alpha value is -2.61. The number of carbonyl (C=O) groups excluding carboxylic acids is 2. The lowest BCUT2D eigenvalue weighted by Gasteiger charge is -2.12. The van der Waals surface area contributed by atoms with Crippen LogP contribution in [-0.2, 0) is 4.79 Å². The van der Waals surface area contributed by atoms with Crippen molar-refractivity contribution in [3.63, 3.8) is 0 Å². The van der Waals surface area contributed by atoms with Crippen LogP contribution in [0.4, 0.5) is 10.8 Å². The van der Waals surface area contributed by atoms with Crippen molar-refractivity contribution in [1.29, 1.82) is 0 Å². The molecule has 0 aliphatic rings. The smallest absolute Gasteiger partial charge is 0.262 e. The molecule has 3 rings (SSSR count). The van der Waals surface area contributed by atoms with Crippen LogP contribution in [0.15, 0.2) is 54.0 Å². The van der Waals surface area contributed by atoms with Gasteiger partial charge >= 0.3 is 0 Å². The Morgan fingerprint density at radius 2 is 1.93 bits per heavy atom. The molecule has 9 heteroatoms. The van der Waals surface area contributed by atoms with Crippen LogP contribution in [0.3, 0.4) is 0 Å². The monoisotopic (exact) mass is 421 g/mol. The fourth-order valence-electron chi connectivity index (χ4n) is 2.16. The zero-order chi connectivity index (χ0) is 19.2. The maximum atomic E-state index is 12.4. The first-order chi connectivity index (χ1) is 13.0. The van der Waals surface area contributed by atoms with Gasteiger partial charge in [0.25, 0.3) is 11.8 Å². The van der Waals surface area contributed by atoms with Crippen LogP contribution in [0.25, 0.3) is 0 Å². The van der Waals surface area contributed by atoms with Crippen LogP contribution in [0, 0.1) is 0 Å². The summed E-state index contributed by atoms with van der Waals surface area (Å²) in [6.45, 7) is -0.274. The van der Waals surface area contributed by atoms with Crippen molar-refractivity contribution in [2.45, 2.75) is 0 Å². The Balaban J connectivity index is 1.64. The summed E-state index contributed by atoms with van der Waals surface area (Å²) in [5.41, 5.74) is 0.674. The first-order valence-electron chi connectivity index (χ1n) is 7.70. The van der Waals surface area contributed by atoms with Crippen LogP contribution >= 0.6 is 34.5 Å². The first kappa shape index (κ1) is 19.2. The van der Waals surface area contributed by atoms with Gasteiger partial charge in [-0.1, -0.05) is 35.3 Å². The van der Waals surface area contributed by atoms with Crippen molar-refractivity contribution in [2.24, 2.45) is 0 Å². The zero-order valence-electron chi connectivity index (χ0n) is 13.7. The maximum absolute atomic E-state index is 12.4. The molecule has 2 amide bonds. The number of anilines is 2. The molecule has 0 fully saturated rings. The van der Waals surface area contributed by atoms with Crippen molar-refractivity contribution >= 4 is 57.2 Å². The number of halogens is 2. The standard InChI is InChI=1S/C18H13Cl2N3O3S/c19-11-5-6-15(13(20)9-11)26-10-16(24)22-14-4-2-1-3-12(14)17(25)23-18-21-7-8-27-18/h1-9H,10H2,(H,22,24)(H,21,23,25). The van der Waals surface area contributed by atoms with Crippen LogP contribution in [0.5, 0.6) is 5.75 Å². The number of nitrogens with one attached hydrogen (secondary N) is 2. The van der Waals surface area contributed by atoms with E-state index in [1.54, 1.807) is 48.0 Å². The average Bonchev–Trinajstić information content (AvgIpc) is 3.14. The summed E-state index contributed by atoms with van der Waals surface area (Å²) in [7, 11) is 0. The molecule has 0 saturated carbocycles. The van der Waals surface area contributed by atoms with Gasteiger partial charge in [-0.2, -0.15) is 0 Å². The molecule has 2 aromatic carbocycles. The van der Waals surface area contributed by atoms with Crippen molar-refractivity contribution in [3.05, 3.63) is 69.7 Å². The van der Waals surface area contributed by atoms with Gasteiger partial charge in [0, 0.05) is 16.6 Å². The largest absolute Gasteiger partial charge is 0.482 e. The third kappa shape index (κ3) is 5.19. The van der Waals surface area contributed by atoms with E-state index < -0.39 is 5.91 Å². The predicted octanol–water partition coefficient (Wildman–Crippen LogP) is 4.72. The van der Waals surface area contributed by atoms with Crippen LogP contribution in [0.1, 0.15) is 10.4 Å². The van der Waals surface area contributed by atoms with E-state index in [2.05, 4.69) is 15.6 Å². The number of para-hydroxylation sites is 1. The molecule has 27 heavy (non-hydrogen) atoms. The van der Waals surface area contributed by atoms with Crippen LogP contribution in [0.2, 0.25) is 10.0 Å². The molecule has 0 bridgehead atoms. The van der Waals surface area contributed by atoms with Gasteiger partial charge in [-0.25, -0.2) is 4.98 Å². The van der Waals surface area contributed by atoms with E-state index in [1.807, 2.05) is 0 Å². The molecule has 0 unspecified atom stereocenters. The Kier molecular flexibility index (Phi) is 6.28. The maximum Gasteiger partial charge on any atom is 0.262 e. The van der Waals surface area contributed by atoms with Gasteiger partial charge in [0.2, 0.25) is 0 Å². The third-order valence-corrected chi connectivity index (χ3v) is 4.57. The molecule has 0 aliphatic carbocycles.